The Hall–Kier alpha value is -3.69. The normalized spacial score (nSPS) is 24.6. The molecule has 2 N–H and O–H groups in total. The van der Waals surface area contributed by atoms with Crippen LogP contribution in [0, 0.1) is 0 Å². The number of nitrogens with zero attached hydrogens (tertiary/aromatic N) is 6. The van der Waals surface area contributed by atoms with E-state index >= 15 is 0 Å². The monoisotopic (exact) mass is 412 g/mol. The third-order valence-electron chi connectivity index (χ3n) is 5.30. The minimum Gasteiger partial charge on any atom is -0.479 e. The highest BCUT2D eigenvalue weighted by Crippen LogP contribution is 2.35. The third-order valence-corrected chi connectivity index (χ3v) is 5.30. The van der Waals surface area contributed by atoms with E-state index in [-0.39, 0.29) is 17.9 Å². The van der Waals surface area contributed by atoms with Gasteiger partial charge in [-0.3, -0.25) is 4.79 Å². The number of nitrogens with one attached hydrogen (secondary N) is 2. The fourth-order valence-corrected chi connectivity index (χ4v) is 4.02. The van der Waals surface area contributed by atoms with Crippen LogP contribution in [0.2, 0.25) is 0 Å². The average Bonchev–Trinajstić information content (AvgIpc) is 3.37. The SMILES string of the molecule is [2H]C([2H])([2H])Oc1nc(NC2CC(C)(NC(=O)C([2H])([2H])[2H])C2)nn2ccc(-c3ccc4ncnn4c3)c12. The van der Waals surface area contributed by atoms with Crippen LogP contribution in [0.15, 0.2) is 36.9 Å². The van der Waals surface area contributed by atoms with Crippen LogP contribution in [-0.4, -0.2) is 53.7 Å². The number of fused-ring (bicyclic) bond motifs is 2. The number of rotatable bonds is 5. The van der Waals surface area contributed by atoms with Gasteiger partial charge in [0.05, 0.1) is 11.2 Å². The number of carbonyl (C=O) groups is 1. The van der Waals surface area contributed by atoms with Gasteiger partial charge >= 0.3 is 0 Å². The first kappa shape index (κ1) is 12.8. The Kier molecular flexibility index (Phi) is 2.85. The van der Waals surface area contributed by atoms with Crippen molar-refractivity contribution in [1.29, 1.82) is 0 Å². The number of hydrogen-bond acceptors (Lipinski definition) is 7. The van der Waals surface area contributed by atoms with Crippen molar-refractivity contribution in [2.24, 2.45) is 0 Å². The Morgan fingerprint density at radius 1 is 1.33 bits per heavy atom. The van der Waals surface area contributed by atoms with Crippen molar-refractivity contribution in [3.63, 3.8) is 0 Å². The second-order valence-electron chi connectivity index (χ2n) is 7.61. The van der Waals surface area contributed by atoms with Crippen molar-refractivity contribution in [2.75, 3.05) is 12.4 Å². The molecule has 4 heterocycles. The summed E-state index contributed by atoms with van der Waals surface area (Å²) in [4.78, 5) is 20.3. The van der Waals surface area contributed by atoms with Crippen LogP contribution in [0.25, 0.3) is 22.3 Å². The van der Waals surface area contributed by atoms with Gasteiger partial charge in [-0.15, -0.1) is 5.10 Å². The van der Waals surface area contributed by atoms with Gasteiger partial charge in [0.25, 0.3) is 0 Å². The van der Waals surface area contributed by atoms with Crippen molar-refractivity contribution in [1.82, 2.24) is 34.5 Å². The number of ether oxygens (including phenoxy) is 1. The van der Waals surface area contributed by atoms with E-state index < -0.39 is 25.3 Å². The summed E-state index contributed by atoms with van der Waals surface area (Å²) in [6.45, 7) is -0.964. The molecule has 0 aliphatic heterocycles. The summed E-state index contributed by atoms with van der Waals surface area (Å²) < 4.78 is 52.8. The Labute approximate surface area is 180 Å². The number of anilines is 1. The van der Waals surface area contributed by atoms with Crippen LogP contribution in [0.4, 0.5) is 5.95 Å². The molecule has 4 aromatic heterocycles. The predicted octanol–water partition coefficient (Wildman–Crippen LogP) is 1.92. The minimum absolute atomic E-state index is 0.129. The largest absolute Gasteiger partial charge is 0.479 e. The van der Waals surface area contributed by atoms with Crippen LogP contribution in [0.3, 0.4) is 0 Å². The van der Waals surface area contributed by atoms with Crippen LogP contribution in [0.1, 0.15) is 34.8 Å². The number of methoxy groups -OCH3 is 1. The van der Waals surface area contributed by atoms with Gasteiger partial charge in [-0.25, -0.2) is 14.0 Å². The Bertz CT molecular complexity index is 1450. The molecule has 0 atom stereocenters. The van der Waals surface area contributed by atoms with Gasteiger partial charge in [0, 0.05) is 46.1 Å². The molecule has 0 radical (unpaired) electrons. The van der Waals surface area contributed by atoms with Crippen molar-refractivity contribution in [3.8, 4) is 17.0 Å². The van der Waals surface area contributed by atoms with Gasteiger partial charge in [-0.2, -0.15) is 10.1 Å². The van der Waals surface area contributed by atoms with E-state index in [0.717, 1.165) is 5.56 Å². The molecular formula is C20H22N8O2. The highest BCUT2D eigenvalue weighted by Gasteiger charge is 2.41. The molecule has 30 heavy (non-hydrogen) atoms. The molecule has 1 aliphatic carbocycles. The molecule has 0 unspecified atom stereocenters. The first-order chi connectivity index (χ1) is 16.8. The van der Waals surface area contributed by atoms with Gasteiger partial charge < -0.3 is 15.4 Å². The van der Waals surface area contributed by atoms with Crippen LogP contribution in [-0.2, 0) is 4.79 Å². The quantitative estimate of drug-likeness (QED) is 0.515. The average molecular weight is 412 g/mol. The Balaban J connectivity index is 1.43. The first-order valence-electron chi connectivity index (χ1n) is 12.3. The van der Waals surface area contributed by atoms with Gasteiger partial charge in [0.1, 0.15) is 11.8 Å². The Morgan fingerprint density at radius 2 is 2.23 bits per heavy atom. The smallest absolute Gasteiger partial charge is 0.244 e. The summed E-state index contributed by atoms with van der Waals surface area (Å²) in [7, 11) is -2.75. The molecule has 1 aliphatic rings. The van der Waals surface area contributed by atoms with Gasteiger partial charge in [0.15, 0.2) is 5.65 Å². The summed E-state index contributed by atoms with van der Waals surface area (Å²) >= 11 is 0. The molecule has 154 valence electrons. The number of aromatic nitrogens is 6. The zero-order valence-corrected chi connectivity index (χ0v) is 16.0. The summed E-state index contributed by atoms with van der Waals surface area (Å²) in [5.74, 6) is -1.01. The highest BCUT2D eigenvalue weighted by atomic mass is 16.5. The summed E-state index contributed by atoms with van der Waals surface area (Å²) in [5, 5.41) is 14.3. The molecule has 0 spiro atoms. The molecule has 1 saturated carbocycles. The van der Waals surface area contributed by atoms with Gasteiger partial charge in [-0.05, 0) is 38.0 Å². The van der Waals surface area contributed by atoms with Crippen molar-refractivity contribution >= 4 is 23.0 Å². The molecule has 0 aromatic carbocycles. The number of hydrogen-bond donors (Lipinski definition) is 2. The van der Waals surface area contributed by atoms with E-state index in [0.29, 0.717) is 29.6 Å². The zero-order valence-electron chi connectivity index (χ0n) is 22.0. The van der Waals surface area contributed by atoms with Crippen molar-refractivity contribution < 1.29 is 17.8 Å². The van der Waals surface area contributed by atoms with Crippen molar-refractivity contribution in [2.45, 2.75) is 38.2 Å². The van der Waals surface area contributed by atoms with E-state index in [9.17, 15) is 4.79 Å². The molecule has 4 aromatic rings. The lowest BCUT2D eigenvalue weighted by Crippen LogP contribution is -2.59. The molecule has 1 fully saturated rings. The molecule has 5 rings (SSSR count). The van der Waals surface area contributed by atoms with E-state index in [1.165, 1.54) is 10.8 Å². The number of carbonyl (C=O) groups excluding carboxylic acids is 1. The van der Waals surface area contributed by atoms with E-state index in [1.807, 2.05) is 6.07 Å². The van der Waals surface area contributed by atoms with E-state index in [4.69, 9.17) is 13.0 Å². The molecule has 10 nitrogen and oxygen atoms in total. The fraction of sp³-hybridized carbons (Fsp3) is 0.350. The summed E-state index contributed by atoms with van der Waals surface area (Å²) in [5.41, 5.74) is 1.70. The molecule has 1 amide bonds. The molecular weight excluding hydrogens is 384 g/mol. The lowest BCUT2D eigenvalue weighted by atomic mass is 9.74. The maximum absolute atomic E-state index is 11.8. The van der Waals surface area contributed by atoms with Crippen LogP contribution < -0.4 is 15.4 Å². The second kappa shape index (κ2) is 6.68. The predicted molar refractivity (Wildman–Crippen MR) is 110 cm³/mol. The zero-order chi connectivity index (χ0) is 25.9. The molecule has 0 saturated heterocycles. The van der Waals surface area contributed by atoms with Crippen LogP contribution in [0.5, 0.6) is 5.88 Å². The van der Waals surface area contributed by atoms with E-state index in [1.54, 1.807) is 36.0 Å². The summed E-state index contributed by atoms with van der Waals surface area (Å²) in [6.07, 6.45) is 5.71. The standard InChI is InChI=1S/C20H22N8O2/c1-12(29)25-20(2)8-14(9-20)23-19-24-18(30-3)17-15(6-7-27(17)26-19)13-4-5-16-21-11-22-28(16)10-13/h4-7,10-11,14H,8-9H2,1-3H3,(H,23,26)(H,25,29)/i1D3,3D3. The second-order valence-corrected chi connectivity index (χ2v) is 7.61. The lowest BCUT2D eigenvalue weighted by Gasteiger charge is -2.45. The topological polar surface area (TPSA) is 111 Å². The lowest BCUT2D eigenvalue weighted by molar-refractivity contribution is -0.121. The van der Waals surface area contributed by atoms with Crippen molar-refractivity contribution in [3.05, 3.63) is 36.9 Å². The van der Waals surface area contributed by atoms with Crippen LogP contribution >= 0.6 is 0 Å². The first-order valence-corrected chi connectivity index (χ1v) is 9.27. The number of pyridine rings is 1. The minimum atomic E-state index is -2.75. The fourth-order valence-electron chi connectivity index (χ4n) is 4.02. The van der Waals surface area contributed by atoms with E-state index in [2.05, 4.69) is 30.8 Å². The molecule has 10 heteroatoms. The maximum Gasteiger partial charge on any atom is 0.244 e. The van der Waals surface area contributed by atoms with Gasteiger partial charge in [0.2, 0.25) is 17.7 Å². The third kappa shape index (κ3) is 3.10. The Morgan fingerprint density at radius 3 is 3.07 bits per heavy atom. The molecule has 0 bridgehead atoms. The maximum atomic E-state index is 11.8. The highest BCUT2D eigenvalue weighted by molar-refractivity contribution is 5.84. The summed E-state index contributed by atoms with van der Waals surface area (Å²) in [6, 6.07) is 5.21. The number of amides is 1. The van der Waals surface area contributed by atoms with Gasteiger partial charge in [-0.1, -0.05) is 0 Å².